The number of nitrogens with one attached hydrogen (secondary N) is 1. The molecule has 110 valence electrons. The largest absolute Gasteiger partial charge is 0.375 e. The second-order valence-corrected chi connectivity index (χ2v) is 5.89. The van der Waals surface area contributed by atoms with Crippen molar-refractivity contribution in [1.29, 1.82) is 0 Å². The number of halogens is 2. The van der Waals surface area contributed by atoms with Gasteiger partial charge in [-0.25, -0.2) is 0 Å². The Balaban J connectivity index is 1.96. The van der Waals surface area contributed by atoms with Gasteiger partial charge in [-0.2, -0.15) is 0 Å². The number of carbonyl (C=O) groups is 1. The molecule has 0 radical (unpaired) electrons. The van der Waals surface area contributed by atoms with Gasteiger partial charge in [-0.15, -0.1) is 0 Å². The first-order valence-corrected chi connectivity index (χ1v) is 7.86. The van der Waals surface area contributed by atoms with Gasteiger partial charge in [-0.05, 0) is 37.8 Å². The molecule has 1 aromatic carbocycles. The lowest BCUT2D eigenvalue weighted by Gasteiger charge is -2.35. The highest BCUT2D eigenvalue weighted by Crippen LogP contribution is 2.29. The molecule has 0 bridgehead atoms. The number of carbonyl (C=O) groups excluding carboxylic acids is 1. The average molecular weight is 315 g/mol. The second-order valence-electron chi connectivity index (χ2n) is 5.10. The number of piperidine rings is 1. The molecule has 3 nitrogen and oxygen atoms in total. The van der Waals surface area contributed by atoms with Gasteiger partial charge in [0.2, 0.25) is 5.91 Å². The van der Waals surface area contributed by atoms with Crippen molar-refractivity contribution in [2.45, 2.75) is 38.6 Å². The molecule has 1 aliphatic heterocycles. The van der Waals surface area contributed by atoms with E-state index in [0.717, 1.165) is 25.8 Å². The smallest absolute Gasteiger partial charge is 0.242 e. The average Bonchev–Trinajstić information content (AvgIpc) is 2.48. The van der Waals surface area contributed by atoms with E-state index in [0.29, 0.717) is 21.8 Å². The third kappa shape index (κ3) is 3.58. The number of hydrogen-bond acceptors (Lipinski definition) is 2. The summed E-state index contributed by atoms with van der Waals surface area (Å²) >= 11 is 12.1. The van der Waals surface area contributed by atoms with E-state index in [1.807, 2.05) is 17.0 Å². The second kappa shape index (κ2) is 7.19. The zero-order valence-electron chi connectivity index (χ0n) is 11.7. The molecule has 1 N–H and O–H groups in total. The van der Waals surface area contributed by atoms with Gasteiger partial charge >= 0.3 is 0 Å². The Bertz CT molecular complexity index is 479. The molecule has 1 atom stereocenters. The fraction of sp³-hybridized carbons (Fsp3) is 0.533. The predicted molar refractivity (Wildman–Crippen MR) is 84.6 cm³/mol. The maximum Gasteiger partial charge on any atom is 0.242 e. The normalized spacial score (nSPS) is 18.9. The number of benzene rings is 1. The van der Waals surface area contributed by atoms with E-state index in [-0.39, 0.29) is 12.5 Å². The van der Waals surface area contributed by atoms with Crippen LogP contribution >= 0.6 is 23.2 Å². The molecule has 1 fully saturated rings. The molecule has 0 aliphatic carbocycles. The molecule has 2 rings (SSSR count). The van der Waals surface area contributed by atoms with E-state index in [9.17, 15) is 4.79 Å². The van der Waals surface area contributed by atoms with Gasteiger partial charge in [0.1, 0.15) is 0 Å². The van der Waals surface area contributed by atoms with E-state index in [1.54, 1.807) is 6.07 Å². The van der Waals surface area contributed by atoms with Crippen LogP contribution in [0.5, 0.6) is 0 Å². The predicted octanol–water partition coefficient (Wildman–Crippen LogP) is 4.20. The number of rotatable bonds is 4. The van der Waals surface area contributed by atoms with Crippen LogP contribution in [0.25, 0.3) is 0 Å². The summed E-state index contributed by atoms with van der Waals surface area (Å²) in [6.07, 6.45) is 4.44. The number of likely N-dealkylation sites (tertiary alicyclic amines) is 1. The molecule has 0 saturated carbocycles. The summed E-state index contributed by atoms with van der Waals surface area (Å²) in [6.45, 7) is 3.26. The molecule has 0 aromatic heterocycles. The lowest BCUT2D eigenvalue weighted by atomic mass is 10.00. The molecule has 1 saturated heterocycles. The first-order valence-electron chi connectivity index (χ1n) is 7.10. The lowest BCUT2D eigenvalue weighted by molar-refractivity contribution is -0.133. The van der Waals surface area contributed by atoms with Gasteiger partial charge in [0.05, 0.1) is 22.3 Å². The zero-order chi connectivity index (χ0) is 14.5. The van der Waals surface area contributed by atoms with Crippen molar-refractivity contribution in [3.05, 3.63) is 28.2 Å². The van der Waals surface area contributed by atoms with E-state index < -0.39 is 0 Å². The maximum absolute atomic E-state index is 12.3. The summed E-state index contributed by atoms with van der Waals surface area (Å²) in [5.74, 6) is 0.132. The highest BCUT2D eigenvalue weighted by molar-refractivity contribution is 6.43. The molecular weight excluding hydrogens is 295 g/mol. The van der Waals surface area contributed by atoms with Crippen LogP contribution < -0.4 is 5.32 Å². The summed E-state index contributed by atoms with van der Waals surface area (Å²) in [7, 11) is 0. The molecule has 20 heavy (non-hydrogen) atoms. The summed E-state index contributed by atoms with van der Waals surface area (Å²) in [5.41, 5.74) is 0.706. The fourth-order valence-corrected chi connectivity index (χ4v) is 3.03. The van der Waals surface area contributed by atoms with Crippen LogP contribution in [-0.4, -0.2) is 29.9 Å². The van der Waals surface area contributed by atoms with Crippen molar-refractivity contribution in [3.63, 3.8) is 0 Å². The van der Waals surface area contributed by atoms with Crippen LogP contribution in [-0.2, 0) is 4.79 Å². The Labute approximate surface area is 130 Å². The van der Waals surface area contributed by atoms with E-state index in [2.05, 4.69) is 12.2 Å². The first kappa shape index (κ1) is 15.5. The molecule has 1 unspecified atom stereocenters. The Morgan fingerprint density at radius 2 is 2.20 bits per heavy atom. The Morgan fingerprint density at radius 1 is 1.40 bits per heavy atom. The monoisotopic (exact) mass is 314 g/mol. The fourth-order valence-electron chi connectivity index (χ4n) is 2.67. The number of amides is 1. The highest BCUT2D eigenvalue weighted by atomic mass is 35.5. The van der Waals surface area contributed by atoms with Gasteiger partial charge in [0.25, 0.3) is 0 Å². The molecule has 1 heterocycles. The molecule has 1 aliphatic rings. The number of anilines is 1. The Hall–Kier alpha value is -0.930. The Kier molecular flexibility index (Phi) is 5.55. The summed E-state index contributed by atoms with van der Waals surface area (Å²) in [5, 5.41) is 4.05. The quantitative estimate of drug-likeness (QED) is 0.903. The van der Waals surface area contributed by atoms with Crippen molar-refractivity contribution in [3.8, 4) is 0 Å². The van der Waals surface area contributed by atoms with Crippen molar-refractivity contribution in [2.24, 2.45) is 0 Å². The third-order valence-electron chi connectivity index (χ3n) is 3.80. The Morgan fingerprint density at radius 3 is 2.95 bits per heavy atom. The molecule has 1 aromatic rings. The standard InChI is InChI=1S/C15H20Cl2N2O/c1-2-11-6-3-4-9-19(11)14(20)10-18-13-8-5-7-12(16)15(13)17/h5,7-8,11,18H,2-4,6,9-10H2,1H3. The van der Waals surface area contributed by atoms with Gasteiger partial charge in [0, 0.05) is 12.6 Å². The summed E-state index contributed by atoms with van der Waals surface area (Å²) in [4.78, 5) is 14.3. The van der Waals surface area contributed by atoms with Crippen molar-refractivity contribution < 1.29 is 4.79 Å². The van der Waals surface area contributed by atoms with Crippen LogP contribution in [0, 0.1) is 0 Å². The number of hydrogen-bond donors (Lipinski definition) is 1. The zero-order valence-corrected chi connectivity index (χ0v) is 13.2. The van der Waals surface area contributed by atoms with E-state index in [1.165, 1.54) is 6.42 Å². The minimum atomic E-state index is 0.132. The van der Waals surface area contributed by atoms with E-state index in [4.69, 9.17) is 23.2 Å². The van der Waals surface area contributed by atoms with Gasteiger partial charge in [0.15, 0.2) is 0 Å². The van der Waals surface area contributed by atoms with Gasteiger partial charge in [-0.3, -0.25) is 4.79 Å². The number of nitrogens with zero attached hydrogens (tertiary/aromatic N) is 1. The van der Waals surface area contributed by atoms with Crippen LogP contribution in [0.2, 0.25) is 10.0 Å². The molecular formula is C15H20Cl2N2O. The first-order chi connectivity index (χ1) is 9.63. The van der Waals surface area contributed by atoms with Crippen LogP contribution in [0.4, 0.5) is 5.69 Å². The van der Waals surface area contributed by atoms with Crippen LogP contribution in [0.1, 0.15) is 32.6 Å². The van der Waals surface area contributed by atoms with Crippen LogP contribution in [0.15, 0.2) is 18.2 Å². The van der Waals surface area contributed by atoms with Crippen molar-refractivity contribution >= 4 is 34.8 Å². The summed E-state index contributed by atoms with van der Waals surface area (Å²) < 4.78 is 0. The molecule has 1 amide bonds. The van der Waals surface area contributed by atoms with Crippen molar-refractivity contribution in [1.82, 2.24) is 4.90 Å². The van der Waals surface area contributed by atoms with Gasteiger partial charge in [-0.1, -0.05) is 36.2 Å². The van der Waals surface area contributed by atoms with Crippen LogP contribution in [0.3, 0.4) is 0 Å². The van der Waals surface area contributed by atoms with E-state index >= 15 is 0 Å². The van der Waals surface area contributed by atoms with Gasteiger partial charge < -0.3 is 10.2 Å². The third-order valence-corrected chi connectivity index (χ3v) is 4.62. The molecule has 5 heteroatoms. The highest BCUT2D eigenvalue weighted by Gasteiger charge is 2.24. The minimum absolute atomic E-state index is 0.132. The summed E-state index contributed by atoms with van der Waals surface area (Å²) in [6, 6.07) is 5.76. The maximum atomic E-state index is 12.3. The lowest BCUT2D eigenvalue weighted by Crippen LogP contribution is -2.45. The van der Waals surface area contributed by atoms with Crippen molar-refractivity contribution in [2.75, 3.05) is 18.4 Å². The molecule has 0 spiro atoms. The SMILES string of the molecule is CCC1CCCCN1C(=O)CNc1cccc(Cl)c1Cl. The topological polar surface area (TPSA) is 32.3 Å². The minimum Gasteiger partial charge on any atom is -0.375 e.